The number of carbonyl (C=O) groups is 1. The van der Waals surface area contributed by atoms with Crippen LogP contribution >= 0.6 is 0 Å². The SMILES string of the molecule is CC[NH+]1CCN(c2ccc(NC(=O)c3cccc([N+](=O)[O-])c3C)cc2)CC1. The number of nitro benzene ring substituents is 1. The van der Waals surface area contributed by atoms with Gasteiger partial charge in [-0.05, 0) is 44.2 Å². The fraction of sp³-hybridized carbons (Fsp3) is 0.350. The Labute approximate surface area is 158 Å². The summed E-state index contributed by atoms with van der Waals surface area (Å²) in [5, 5.41) is 13.9. The van der Waals surface area contributed by atoms with E-state index >= 15 is 0 Å². The second-order valence-corrected chi connectivity index (χ2v) is 6.80. The van der Waals surface area contributed by atoms with Crippen molar-refractivity contribution >= 4 is 23.0 Å². The summed E-state index contributed by atoms with van der Waals surface area (Å²) < 4.78 is 0. The highest BCUT2D eigenvalue weighted by molar-refractivity contribution is 6.05. The first kappa shape index (κ1) is 18.8. The van der Waals surface area contributed by atoms with Crippen LogP contribution in [0.15, 0.2) is 42.5 Å². The van der Waals surface area contributed by atoms with Crippen molar-refractivity contribution in [1.29, 1.82) is 0 Å². The van der Waals surface area contributed by atoms with Gasteiger partial charge in [0.25, 0.3) is 11.6 Å². The van der Waals surface area contributed by atoms with Crippen LogP contribution < -0.4 is 15.1 Å². The molecule has 1 aliphatic heterocycles. The standard InChI is InChI=1S/C20H24N4O3/c1-3-22-11-13-23(14-12-22)17-9-7-16(8-10-17)21-20(25)18-5-4-6-19(15(18)2)24(26)27/h4-10H,3,11-14H2,1-2H3,(H,21,25)/p+1. The highest BCUT2D eigenvalue weighted by atomic mass is 16.6. The molecular formula is C20H25N4O3+. The van der Waals surface area contributed by atoms with Gasteiger partial charge in [0.05, 0.1) is 37.6 Å². The first-order valence-electron chi connectivity index (χ1n) is 9.23. The Morgan fingerprint density at radius 1 is 1.19 bits per heavy atom. The summed E-state index contributed by atoms with van der Waals surface area (Å²) in [5.74, 6) is -0.343. The topological polar surface area (TPSA) is 79.9 Å². The maximum Gasteiger partial charge on any atom is 0.273 e. The normalized spacial score (nSPS) is 14.8. The van der Waals surface area contributed by atoms with Gasteiger partial charge in [0, 0.05) is 28.6 Å². The van der Waals surface area contributed by atoms with E-state index < -0.39 is 4.92 Å². The molecule has 3 rings (SSSR count). The number of likely N-dealkylation sites (N-methyl/N-ethyl adjacent to an activating group) is 1. The average Bonchev–Trinajstić information content (AvgIpc) is 2.68. The minimum absolute atomic E-state index is 0.0497. The monoisotopic (exact) mass is 369 g/mol. The van der Waals surface area contributed by atoms with E-state index in [-0.39, 0.29) is 11.6 Å². The van der Waals surface area contributed by atoms with Crippen LogP contribution in [0.3, 0.4) is 0 Å². The summed E-state index contributed by atoms with van der Waals surface area (Å²) in [6.07, 6.45) is 0. The lowest BCUT2D eigenvalue weighted by atomic mass is 10.1. The number of hydrogen-bond donors (Lipinski definition) is 2. The summed E-state index contributed by atoms with van der Waals surface area (Å²) in [6.45, 7) is 9.31. The molecule has 0 saturated carbocycles. The van der Waals surface area contributed by atoms with Gasteiger partial charge < -0.3 is 15.1 Å². The van der Waals surface area contributed by atoms with Gasteiger partial charge in [-0.3, -0.25) is 14.9 Å². The maximum absolute atomic E-state index is 12.5. The average molecular weight is 369 g/mol. The zero-order valence-electron chi connectivity index (χ0n) is 15.7. The third-order valence-electron chi connectivity index (χ3n) is 5.21. The van der Waals surface area contributed by atoms with Crippen molar-refractivity contribution < 1.29 is 14.6 Å². The number of rotatable bonds is 5. The predicted molar refractivity (Wildman–Crippen MR) is 106 cm³/mol. The predicted octanol–water partition coefficient (Wildman–Crippen LogP) is 1.88. The largest absolute Gasteiger partial charge is 0.360 e. The van der Waals surface area contributed by atoms with Crippen LogP contribution in [0.4, 0.5) is 17.1 Å². The van der Waals surface area contributed by atoms with Crippen LogP contribution in [0.1, 0.15) is 22.8 Å². The third-order valence-corrected chi connectivity index (χ3v) is 5.21. The fourth-order valence-electron chi connectivity index (χ4n) is 3.46. The van der Waals surface area contributed by atoms with E-state index in [0.717, 1.165) is 38.4 Å². The lowest BCUT2D eigenvalue weighted by Crippen LogP contribution is -3.14. The van der Waals surface area contributed by atoms with Crippen LogP contribution in [0.2, 0.25) is 0 Å². The van der Waals surface area contributed by atoms with E-state index in [2.05, 4.69) is 17.1 Å². The van der Waals surface area contributed by atoms with Crippen LogP contribution in [-0.4, -0.2) is 43.6 Å². The van der Waals surface area contributed by atoms with Crippen molar-refractivity contribution in [3.8, 4) is 0 Å². The van der Waals surface area contributed by atoms with Crippen LogP contribution in [0.25, 0.3) is 0 Å². The highest BCUT2D eigenvalue weighted by Crippen LogP contribution is 2.23. The molecule has 1 aliphatic rings. The molecular weight excluding hydrogens is 344 g/mol. The number of nitro groups is 1. The van der Waals surface area contributed by atoms with Gasteiger partial charge in [0.1, 0.15) is 0 Å². The fourth-order valence-corrected chi connectivity index (χ4v) is 3.46. The molecule has 0 unspecified atom stereocenters. The number of carbonyl (C=O) groups excluding carboxylic acids is 1. The second kappa shape index (κ2) is 8.18. The number of amides is 1. The van der Waals surface area contributed by atoms with Crippen LogP contribution in [-0.2, 0) is 0 Å². The van der Waals surface area contributed by atoms with Crippen LogP contribution in [0, 0.1) is 17.0 Å². The van der Waals surface area contributed by atoms with Gasteiger partial charge in [-0.1, -0.05) is 6.07 Å². The molecule has 0 atom stereocenters. The van der Waals surface area contributed by atoms with E-state index in [1.165, 1.54) is 12.1 Å². The van der Waals surface area contributed by atoms with Crippen molar-refractivity contribution in [3.05, 3.63) is 63.7 Å². The molecule has 2 N–H and O–H groups in total. The molecule has 2 aromatic carbocycles. The molecule has 7 heteroatoms. The van der Waals surface area contributed by atoms with Crippen molar-refractivity contribution in [2.45, 2.75) is 13.8 Å². The molecule has 2 aromatic rings. The van der Waals surface area contributed by atoms with E-state index in [1.807, 2.05) is 24.3 Å². The quantitative estimate of drug-likeness (QED) is 0.623. The zero-order chi connectivity index (χ0) is 19.4. The Balaban J connectivity index is 1.67. The van der Waals surface area contributed by atoms with E-state index in [9.17, 15) is 14.9 Å². The van der Waals surface area contributed by atoms with E-state index in [0.29, 0.717) is 16.8 Å². The Kier molecular flexibility index (Phi) is 5.71. The second-order valence-electron chi connectivity index (χ2n) is 6.80. The Hall–Kier alpha value is -2.93. The number of benzene rings is 2. The number of nitrogens with zero attached hydrogens (tertiary/aromatic N) is 2. The Morgan fingerprint density at radius 2 is 1.85 bits per heavy atom. The minimum Gasteiger partial charge on any atom is -0.360 e. The molecule has 1 amide bonds. The summed E-state index contributed by atoms with van der Waals surface area (Å²) in [4.78, 5) is 27.1. The zero-order valence-corrected chi connectivity index (χ0v) is 15.7. The van der Waals surface area contributed by atoms with E-state index in [1.54, 1.807) is 17.9 Å². The molecule has 0 aliphatic carbocycles. The van der Waals surface area contributed by atoms with Crippen molar-refractivity contribution in [1.82, 2.24) is 0 Å². The molecule has 142 valence electrons. The molecule has 7 nitrogen and oxygen atoms in total. The molecule has 0 aromatic heterocycles. The lowest BCUT2D eigenvalue weighted by molar-refractivity contribution is -0.898. The number of piperazine rings is 1. The van der Waals surface area contributed by atoms with E-state index in [4.69, 9.17) is 0 Å². The van der Waals surface area contributed by atoms with Gasteiger partial charge in [0.2, 0.25) is 0 Å². The Bertz CT molecular complexity index is 828. The van der Waals surface area contributed by atoms with Gasteiger partial charge in [-0.15, -0.1) is 0 Å². The minimum atomic E-state index is -0.471. The van der Waals surface area contributed by atoms with Gasteiger partial charge in [0.15, 0.2) is 0 Å². The molecule has 1 heterocycles. The number of nitrogens with one attached hydrogen (secondary N) is 2. The highest BCUT2D eigenvalue weighted by Gasteiger charge is 2.20. The van der Waals surface area contributed by atoms with Gasteiger partial charge in [-0.2, -0.15) is 0 Å². The number of hydrogen-bond acceptors (Lipinski definition) is 4. The molecule has 0 radical (unpaired) electrons. The van der Waals surface area contributed by atoms with Gasteiger partial charge >= 0.3 is 0 Å². The van der Waals surface area contributed by atoms with Crippen molar-refractivity contribution in [2.75, 3.05) is 42.9 Å². The first-order valence-corrected chi connectivity index (χ1v) is 9.23. The molecule has 0 spiro atoms. The maximum atomic E-state index is 12.5. The first-order chi connectivity index (χ1) is 13.0. The van der Waals surface area contributed by atoms with Gasteiger partial charge in [-0.25, -0.2) is 0 Å². The summed E-state index contributed by atoms with van der Waals surface area (Å²) in [7, 11) is 0. The summed E-state index contributed by atoms with van der Waals surface area (Å²) >= 11 is 0. The summed E-state index contributed by atoms with van der Waals surface area (Å²) in [6, 6.07) is 12.3. The van der Waals surface area contributed by atoms with Crippen LogP contribution in [0.5, 0.6) is 0 Å². The Morgan fingerprint density at radius 3 is 2.44 bits per heavy atom. The summed E-state index contributed by atoms with van der Waals surface area (Å²) in [5.41, 5.74) is 2.45. The van der Waals surface area contributed by atoms with Crippen molar-refractivity contribution in [3.63, 3.8) is 0 Å². The molecule has 1 saturated heterocycles. The third kappa shape index (κ3) is 4.25. The number of quaternary nitrogens is 1. The molecule has 27 heavy (non-hydrogen) atoms. The smallest absolute Gasteiger partial charge is 0.273 e. The van der Waals surface area contributed by atoms with Crippen molar-refractivity contribution in [2.24, 2.45) is 0 Å². The number of anilines is 2. The lowest BCUT2D eigenvalue weighted by Gasteiger charge is -2.33. The molecule has 0 bridgehead atoms. The molecule has 1 fully saturated rings.